The predicted octanol–water partition coefficient (Wildman–Crippen LogP) is 1.95. The summed E-state index contributed by atoms with van der Waals surface area (Å²) in [6.45, 7) is 3.55. The van der Waals surface area contributed by atoms with E-state index in [1.54, 1.807) is 26.0 Å². The number of nitrogens with one attached hydrogen (secondary N) is 1. The van der Waals surface area contributed by atoms with Crippen molar-refractivity contribution in [2.45, 2.75) is 13.8 Å². The van der Waals surface area contributed by atoms with Crippen LogP contribution in [0.3, 0.4) is 0 Å². The second-order valence-electron chi connectivity index (χ2n) is 4.59. The third kappa shape index (κ3) is 4.16. The molecule has 7 heteroatoms. The van der Waals surface area contributed by atoms with Gasteiger partial charge in [-0.05, 0) is 26.0 Å². The highest BCUT2D eigenvalue weighted by atomic mass is 32.2. The number of amides is 2. The number of benzene rings is 1. The van der Waals surface area contributed by atoms with Crippen molar-refractivity contribution in [3.63, 3.8) is 0 Å². The van der Waals surface area contributed by atoms with Gasteiger partial charge >= 0.3 is 0 Å². The van der Waals surface area contributed by atoms with Crippen LogP contribution in [0.4, 0.5) is 5.69 Å². The fraction of sp³-hybridized carbons (Fsp3) is 0.286. The van der Waals surface area contributed by atoms with Gasteiger partial charge in [0.1, 0.15) is 0 Å². The smallest absolute Gasteiger partial charge is 0.293 e. The lowest BCUT2D eigenvalue weighted by Gasteiger charge is -2.15. The van der Waals surface area contributed by atoms with Gasteiger partial charge in [-0.15, -0.1) is 16.9 Å². The standard InChI is InChI=1S/C14H16N4O2S/c1-10(2)16-17-13(18-9-21-8-12(18)19)14(20)15-11-6-4-3-5-7-11/h3-7H,8-9H2,1-2H3,(H,15,20)/b17-13-. The molecule has 1 N–H and O–H groups in total. The summed E-state index contributed by atoms with van der Waals surface area (Å²) in [5, 5.41) is 10.6. The Hall–Kier alpha value is -2.15. The van der Waals surface area contributed by atoms with E-state index >= 15 is 0 Å². The van der Waals surface area contributed by atoms with Crippen LogP contribution in [-0.4, -0.2) is 39.9 Å². The second-order valence-corrected chi connectivity index (χ2v) is 5.55. The molecule has 0 atom stereocenters. The van der Waals surface area contributed by atoms with Crippen LogP contribution in [0.5, 0.6) is 0 Å². The number of anilines is 1. The molecule has 1 fully saturated rings. The van der Waals surface area contributed by atoms with Crippen LogP contribution in [0.2, 0.25) is 0 Å². The molecule has 110 valence electrons. The monoisotopic (exact) mass is 304 g/mol. The number of hydrogen-bond acceptors (Lipinski definition) is 5. The Kier molecular flexibility index (Phi) is 5.10. The second kappa shape index (κ2) is 7.03. The number of amidine groups is 1. The Morgan fingerprint density at radius 2 is 1.95 bits per heavy atom. The average molecular weight is 304 g/mol. The van der Waals surface area contributed by atoms with E-state index < -0.39 is 5.91 Å². The van der Waals surface area contributed by atoms with Crippen molar-refractivity contribution in [2.75, 3.05) is 16.9 Å². The lowest BCUT2D eigenvalue weighted by atomic mass is 10.3. The molecule has 2 amide bonds. The van der Waals surface area contributed by atoms with Crippen LogP contribution in [-0.2, 0) is 9.59 Å². The van der Waals surface area contributed by atoms with Gasteiger partial charge < -0.3 is 5.32 Å². The van der Waals surface area contributed by atoms with Crippen LogP contribution < -0.4 is 5.32 Å². The Bertz CT molecular complexity index is 594. The molecule has 21 heavy (non-hydrogen) atoms. The summed E-state index contributed by atoms with van der Waals surface area (Å²) < 4.78 is 0. The summed E-state index contributed by atoms with van der Waals surface area (Å²) in [5.41, 5.74) is 1.35. The van der Waals surface area contributed by atoms with Crippen molar-refractivity contribution in [2.24, 2.45) is 10.2 Å². The maximum Gasteiger partial charge on any atom is 0.293 e. The largest absolute Gasteiger partial charge is 0.319 e. The van der Waals surface area contributed by atoms with Crippen molar-refractivity contribution < 1.29 is 9.59 Å². The number of rotatable bonds is 2. The topological polar surface area (TPSA) is 74.1 Å². The van der Waals surface area contributed by atoms with E-state index in [2.05, 4.69) is 15.5 Å². The van der Waals surface area contributed by atoms with Gasteiger partial charge in [-0.25, -0.2) is 0 Å². The van der Waals surface area contributed by atoms with Gasteiger partial charge in [0.05, 0.1) is 11.6 Å². The SMILES string of the molecule is CC(C)=N/N=C(/C(=O)Nc1ccccc1)N1CSCC1=O. The van der Waals surface area contributed by atoms with Crippen molar-refractivity contribution in [1.29, 1.82) is 0 Å². The highest BCUT2D eigenvalue weighted by Gasteiger charge is 2.30. The van der Waals surface area contributed by atoms with E-state index in [4.69, 9.17) is 0 Å². The molecule has 0 saturated carbocycles. The molecule has 1 heterocycles. The van der Waals surface area contributed by atoms with E-state index in [9.17, 15) is 9.59 Å². The normalized spacial score (nSPS) is 15.0. The van der Waals surface area contributed by atoms with E-state index in [1.165, 1.54) is 16.7 Å². The molecule has 0 unspecified atom stereocenters. The Morgan fingerprint density at radius 3 is 2.52 bits per heavy atom. The van der Waals surface area contributed by atoms with E-state index in [1.807, 2.05) is 18.2 Å². The van der Waals surface area contributed by atoms with Gasteiger partial charge in [-0.3, -0.25) is 14.5 Å². The minimum absolute atomic E-state index is 0.0232. The Morgan fingerprint density at radius 1 is 1.24 bits per heavy atom. The fourth-order valence-electron chi connectivity index (χ4n) is 1.63. The summed E-state index contributed by atoms with van der Waals surface area (Å²) in [6, 6.07) is 9.03. The number of hydrogen-bond donors (Lipinski definition) is 1. The number of carbonyl (C=O) groups is 2. The number of carbonyl (C=O) groups excluding carboxylic acids is 2. The fourth-order valence-corrected chi connectivity index (χ4v) is 2.50. The van der Waals surface area contributed by atoms with E-state index in [0.717, 1.165) is 0 Å². The number of para-hydroxylation sites is 1. The molecule has 0 spiro atoms. The van der Waals surface area contributed by atoms with Crippen molar-refractivity contribution in [1.82, 2.24) is 4.90 Å². The molecule has 0 radical (unpaired) electrons. The molecule has 1 aliphatic rings. The Labute approximate surface area is 127 Å². The van der Waals surface area contributed by atoms with Crippen molar-refractivity contribution in [3.05, 3.63) is 30.3 Å². The molecular weight excluding hydrogens is 288 g/mol. The summed E-state index contributed by atoms with van der Waals surface area (Å²) in [7, 11) is 0. The first kappa shape index (κ1) is 15.2. The lowest BCUT2D eigenvalue weighted by molar-refractivity contribution is -0.124. The average Bonchev–Trinajstić information content (AvgIpc) is 2.86. The molecule has 1 aromatic carbocycles. The van der Waals surface area contributed by atoms with Gasteiger partial charge in [-0.1, -0.05) is 18.2 Å². The minimum atomic E-state index is -0.443. The zero-order chi connectivity index (χ0) is 15.2. The van der Waals surface area contributed by atoms with Gasteiger partial charge in [0, 0.05) is 11.4 Å². The van der Waals surface area contributed by atoms with E-state index in [0.29, 0.717) is 23.0 Å². The molecule has 0 bridgehead atoms. The molecule has 6 nitrogen and oxygen atoms in total. The molecule has 1 saturated heterocycles. The molecule has 1 aliphatic heterocycles. The van der Waals surface area contributed by atoms with Gasteiger partial charge in [-0.2, -0.15) is 5.10 Å². The van der Waals surface area contributed by atoms with Crippen LogP contribution in [0.25, 0.3) is 0 Å². The first-order valence-electron chi connectivity index (χ1n) is 6.41. The van der Waals surface area contributed by atoms with Gasteiger partial charge in [0.15, 0.2) is 0 Å². The quantitative estimate of drug-likeness (QED) is 0.515. The maximum absolute atomic E-state index is 12.3. The minimum Gasteiger partial charge on any atom is -0.319 e. The van der Waals surface area contributed by atoms with E-state index in [-0.39, 0.29) is 11.7 Å². The first-order valence-corrected chi connectivity index (χ1v) is 7.57. The van der Waals surface area contributed by atoms with Crippen LogP contribution in [0.15, 0.2) is 40.5 Å². The zero-order valence-corrected chi connectivity index (χ0v) is 12.7. The molecular formula is C14H16N4O2S. The molecule has 0 aliphatic carbocycles. The summed E-state index contributed by atoms with van der Waals surface area (Å²) in [5.74, 6) is 0.216. The van der Waals surface area contributed by atoms with Crippen molar-refractivity contribution >= 4 is 40.8 Å². The summed E-state index contributed by atoms with van der Waals surface area (Å²) in [6.07, 6.45) is 0. The summed E-state index contributed by atoms with van der Waals surface area (Å²) in [4.78, 5) is 25.5. The molecule has 1 aromatic rings. The number of nitrogens with zero attached hydrogens (tertiary/aromatic N) is 3. The highest BCUT2D eigenvalue weighted by Crippen LogP contribution is 2.16. The summed E-state index contributed by atoms with van der Waals surface area (Å²) >= 11 is 1.44. The van der Waals surface area contributed by atoms with Crippen LogP contribution >= 0.6 is 11.8 Å². The van der Waals surface area contributed by atoms with Crippen LogP contribution in [0, 0.1) is 0 Å². The lowest BCUT2D eigenvalue weighted by Crippen LogP contribution is -2.40. The highest BCUT2D eigenvalue weighted by molar-refractivity contribution is 8.00. The first-order chi connectivity index (χ1) is 10.1. The Balaban J connectivity index is 2.22. The molecule has 0 aromatic heterocycles. The van der Waals surface area contributed by atoms with Crippen LogP contribution in [0.1, 0.15) is 13.8 Å². The number of thioether (sulfide) groups is 1. The predicted molar refractivity (Wildman–Crippen MR) is 85.5 cm³/mol. The molecule has 2 rings (SSSR count). The maximum atomic E-state index is 12.3. The van der Waals surface area contributed by atoms with Gasteiger partial charge in [0.2, 0.25) is 11.7 Å². The third-order valence-electron chi connectivity index (χ3n) is 2.58. The van der Waals surface area contributed by atoms with Crippen molar-refractivity contribution in [3.8, 4) is 0 Å². The third-order valence-corrected chi connectivity index (χ3v) is 3.47. The van der Waals surface area contributed by atoms with Gasteiger partial charge in [0.25, 0.3) is 5.91 Å². The zero-order valence-electron chi connectivity index (χ0n) is 11.9.